The van der Waals surface area contributed by atoms with Crippen LogP contribution in [0.1, 0.15) is 66.9 Å². The van der Waals surface area contributed by atoms with Crippen molar-refractivity contribution in [2.24, 2.45) is 17.6 Å². The molecule has 35 heavy (non-hydrogen) atoms. The molecule has 0 spiro atoms. The number of nitrogens with two attached hydrogens (primary N) is 1. The van der Waals surface area contributed by atoms with Gasteiger partial charge in [0, 0.05) is 6.42 Å². The Kier molecular flexibility index (Phi) is 11.7. The highest BCUT2D eigenvalue weighted by molar-refractivity contribution is 5.93. The zero-order valence-electron chi connectivity index (χ0n) is 22.0. The molecule has 0 saturated carbocycles. The van der Waals surface area contributed by atoms with Crippen LogP contribution in [0, 0.1) is 11.8 Å². The van der Waals surface area contributed by atoms with Crippen molar-refractivity contribution >= 4 is 23.8 Å². The Morgan fingerprint density at radius 3 is 1.77 bits per heavy atom. The monoisotopic (exact) mass is 490 g/mol. The second-order valence-electron chi connectivity index (χ2n) is 10.7. The molecule has 0 bridgehead atoms. The molecule has 5 N–H and O–H groups in total. The van der Waals surface area contributed by atoms with E-state index in [1.807, 2.05) is 58.0 Å². The summed E-state index contributed by atoms with van der Waals surface area (Å²) in [5.41, 5.74) is 5.57. The summed E-state index contributed by atoms with van der Waals surface area (Å²) in [6, 6.07) is 6.51. The van der Waals surface area contributed by atoms with E-state index in [4.69, 9.17) is 10.5 Å². The zero-order valence-corrected chi connectivity index (χ0v) is 22.0. The second kappa shape index (κ2) is 13.7. The van der Waals surface area contributed by atoms with Crippen molar-refractivity contribution < 1.29 is 23.9 Å². The molecule has 0 radical (unpaired) electrons. The van der Waals surface area contributed by atoms with Gasteiger partial charge in [-0.3, -0.25) is 14.4 Å². The van der Waals surface area contributed by atoms with Crippen molar-refractivity contribution in [2.45, 2.75) is 91.5 Å². The zero-order chi connectivity index (χ0) is 26.8. The Labute approximate surface area is 208 Å². The average Bonchev–Trinajstić information content (AvgIpc) is 2.70. The third-order valence-electron chi connectivity index (χ3n) is 5.00. The van der Waals surface area contributed by atoms with Crippen LogP contribution in [0.4, 0.5) is 4.79 Å². The molecule has 9 nitrogen and oxygen atoms in total. The molecule has 3 atom stereocenters. The quantitative estimate of drug-likeness (QED) is 0.357. The fourth-order valence-electron chi connectivity index (χ4n) is 3.47. The molecule has 0 aromatic heterocycles. The van der Waals surface area contributed by atoms with Gasteiger partial charge in [-0.2, -0.15) is 0 Å². The summed E-state index contributed by atoms with van der Waals surface area (Å²) in [4.78, 5) is 50.6. The van der Waals surface area contributed by atoms with E-state index < -0.39 is 47.5 Å². The van der Waals surface area contributed by atoms with Gasteiger partial charge < -0.3 is 26.4 Å². The highest BCUT2D eigenvalue weighted by atomic mass is 16.6. The minimum absolute atomic E-state index is 0.0783. The number of amides is 4. The van der Waals surface area contributed by atoms with Gasteiger partial charge in [0.2, 0.25) is 17.7 Å². The highest BCUT2D eigenvalue weighted by Gasteiger charge is 2.31. The second-order valence-corrected chi connectivity index (χ2v) is 10.7. The molecule has 0 unspecified atom stereocenters. The molecule has 0 saturated heterocycles. The standard InChI is InChI=1S/C26H42N4O5/c1-16(2)13-19(22(27)31)28-23(32)20(14-17(3)4)29-24(33)21(15-18-11-9-8-10-12-18)30-25(34)35-26(5,6)7/h8-12,16-17,19-21H,13-15H2,1-7H3,(H2,27,31)(H,28,32)(H,29,33)(H,30,34)/t19-,20-,21+/m0/s1. The number of rotatable bonds is 12. The Bertz CT molecular complexity index is 849. The fraction of sp³-hybridized carbons (Fsp3) is 0.615. The minimum atomic E-state index is -0.975. The number of benzene rings is 1. The Morgan fingerprint density at radius 2 is 1.29 bits per heavy atom. The molecule has 0 aliphatic carbocycles. The third-order valence-corrected chi connectivity index (χ3v) is 5.00. The minimum Gasteiger partial charge on any atom is -0.444 e. The van der Waals surface area contributed by atoms with Crippen LogP contribution in [0.3, 0.4) is 0 Å². The lowest BCUT2D eigenvalue weighted by Crippen LogP contribution is -2.57. The van der Waals surface area contributed by atoms with Crippen molar-refractivity contribution in [3.8, 4) is 0 Å². The van der Waals surface area contributed by atoms with E-state index in [1.54, 1.807) is 20.8 Å². The van der Waals surface area contributed by atoms with Crippen molar-refractivity contribution in [1.29, 1.82) is 0 Å². The summed E-state index contributed by atoms with van der Waals surface area (Å²) < 4.78 is 5.33. The van der Waals surface area contributed by atoms with Gasteiger partial charge in [-0.15, -0.1) is 0 Å². The maximum Gasteiger partial charge on any atom is 0.408 e. The van der Waals surface area contributed by atoms with E-state index >= 15 is 0 Å². The number of alkyl carbamates (subject to hydrolysis) is 1. The molecule has 1 aromatic carbocycles. The summed E-state index contributed by atoms with van der Waals surface area (Å²) in [5, 5.41) is 8.07. The van der Waals surface area contributed by atoms with Gasteiger partial charge in [-0.1, -0.05) is 58.0 Å². The normalized spacial score (nSPS) is 14.1. The van der Waals surface area contributed by atoms with Crippen LogP contribution >= 0.6 is 0 Å². The lowest BCUT2D eigenvalue weighted by Gasteiger charge is -2.27. The first-order valence-corrected chi connectivity index (χ1v) is 12.1. The number of carbonyl (C=O) groups is 4. The van der Waals surface area contributed by atoms with Gasteiger partial charge >= 0.3 is 6.09 Å². The van der Waals surface area contributed by atoms with Crippen molar-refractivity contribution in [3.63, 3.8) is 0 Å². The first kappa shape index (κ1) is 29.9. The molecule has 0 aliphatic rings. The molecular formula is C26H42N4O5. The van der Waals surface area contributed by atoms with Crippen LogP contribution in [-0.4, -0.2) is 47.5 Å². The summed E-state index contributed by atoms with van der Waals surface area (Å²) in [5.74, 6) is -1.43. The van der Waals surface area contributed by atoms with Gasteiger partial charge in [0.1, 0.15) is 23.7 Å². The van der Waals surface area contributed by atoms with E-state index in [0.717, 1.165) is 5.56 Å². The molecule has 9 heteroatoms. The smallest absolute Gasteiger partial charge is 0.408 e. The van der Waals surface area contributed by atoms with Crippen molar-refractivity contribution in [3.05, 3.63) is 35.9 Å². The number of primary amides is 1. The van der Waals surface area contributed by atoms with Gasteiger partial charge in [-0.25, -0.2) is 4.79 Å². The van der Waals surface area contributed by atoms with Gasteiger partial charge in [0.15, 0.2) is 0 Å². The van der Waals surface area contributed by atoms with E-state index in [-0.39, 0.29) is 18.3 Å². The number of hydrogen-bond donors (Lipinski definition) is 4. The van der Waals surface area contributed by atoms with E-state index in [0.29, 0.717) is 12.8 Å². The van der Waals surface area contributed by atoms with Crippen molar-refractivity contribution in [1.82, 2.24) is 16.0 Å². The Balaban J connectivity index is 3.08. The van der Waals surface area contributed by atoms with Crippen LogP contribution in [0.25, 0.3) is 0 Å². The molecule has 1 rings (SSSR count). The number of nitrogens with one attached hydrogen (secondary N) is 3. The molecule has 0 aliphatic heterocycles. The van der Waals surface area contributed by atoms with Crippen LogP contribution in [0.15, 0.2) is 30.3 Å². The summed E-state index contributed by atoms with van der Waals surface area (Å²) in [7, 11) is 0. The SMILES string of the molecule is CC(C)C[C@H](NC(=O)[C@H](CC(C)C)NC(=O)[C@@H](Cc1ccccc1)NC(=O)OC(C)(C)C)C(N)=O. The molecular weight excluding hydrogens is 448 g/mol. The maximum atomic E-state index is 13.3. The highest BCUT2D eigenvalue weighted by Crippen LogP contribution is 2.11. The topological polar surface area (TPSA) is 140 Å². The van der Waals surface area contributed by atoms with E-state index in [1.165, 1.54) is 0 Å². The number of carbonyl (C=O) groups excluding carboxylic acids is 4. The molecule has 0 fully saturated rings. The van der Waals surface area contributed by atoms with Crippen LogP contribution in [0.5, 0.6) is 0 Å². The lowest BCUT2D eigenvalue weighted by molar-refractivity contribution is -0.132. The fourth-order valence-corrected chi connectivity index (χ4v) is 3.47. The van der Waals surface area contributed by atoms with Crippen LogP contribution in [-0.2, 0) is 25.5 Å². The average molecular weight is 491 g/mol. The van der Waals surface area contributed by atoms with Crippen molar-refractivity contribution in [2.75, 3.05) is 0 Å². The first-order valence-electron chi connectivity index (χ1n) is 12.1. The van der Waals surface area contributed by atoms with Gasteiger partial charge in [0.05, 0.1) is 0 Å². The van der Waals surface area contributed by atoms with E-state index in [2.05, 4.69) is 16.0 Å². The van der Waals surface area contributed by atoms with Gasteiger partial charge in [0.25, 0.3) is 0 Å². The number of ether oxygens (including phenoxy) is 1. The largest absolute Gasteiger partial charge is 0.444 e. The van der Waals surface area contributed by atoms with Crippen LogP contribution in [0.2, 0.25) is 0 Å². The summed E-state index contributed by atoms with van der Waals surface area (Å²) >= 11 is 0. The Morgan fingerprint density at radius 1 is 0.800 bits per heavy atom. The predicted octanol–water partition coefficient (Wildman–Crippen LogP) is 2.67. The third kappa shape index (κ3) is 12.2. The molecule has 0 heterocycles. The molecule has 4 amide bonds. The van der Waals surface area contributed by atoms with Gasteiger partial charge in [-0.05, 0) is 51.0 Å². The lowest BCUT2D eigenvalue weighted by atomic mass is 9.99. The Hall–Kier alpha value is -3.10. The van der Waals surface area contributed by atoms with Crippen LogP contribution < -0.4 is 21.7 Å². The predicted molar refractivity (Wildman–Crippen MR) is 135 cm³/mol. The maximum absolute atomic E-state index is 13.3. The molecule has 1 aromatic rings. The first-order chi connectivity index (χ1) is 16.2. The summed E-state index contributed by atoms with van der Waals surface area (Å²) in [6.07, 6.45) is 0.207. The number of hydrogen-bond acceptors (Lipinski definition) is 5. The van der Waals surface area contributed by atoms with E-state index in [9.17, 15) is 19.2 Å². The molecule has 196 valence electrons. The summed E-state index contributed by atoms with van der Waals surface area (Å²) in [6.45, 7) is 12.9.